The lowest BCUT2D eigenvalue weighted by molar-refractivity contribution is -0.186. The van der Waals surface area contributed by atoms with Crippen LogP contribution in [0.1, 0.15) is 26.2 Å². The van der Waals surface area contributed by atoms with Gasteiger partial charge < -0.3 is 5.73 Å². The summed E-state index contributed by atoms with van der Waals surface area (Å²) in [4.78, 5) is 13.2. The molecule has 2 rings (SSSR count). The normalized spacial score (nSPS) is 34.6. The van der Waals surface area contributed by atoms with Crippen molar-refractivity contribution in [3.63, 3.8) is 0 Å². The highest BCUT2D eigenvalue weighted by Gasteiger charge is 2.76. The summed E-state index contributed by atoms with van der Waals surface area (Å²) in [6.45, 7) is 1.54. The van der Waals surface area contributed by atoms with E-state index in [0.29, 0.717) is 12.3 Å². The van der Waals surface area contributed by atoms with Gasteiger partial charge in [0.25, 0.3) is 0 Å². The van der Waals surface area contributed by atoms with E-state index in [9.17, 15) is 18.0 Å². The molecule has 2 N–H and O–H groups in total. The molecule has 2 aliphatic carbocycles. The van der Waals surface area contributed by atoms with Gasteiger partial charge in [0, 0.05) is 12.0 Å². The zero-order valence-corrected chi connectivity index (χ0v) is 12.5. The lowest BCUT2D eigenvalue weighted by Gasteiger charge is -2.33. The van der Waals surface area contributed by atoms with Crippen LogP contribution in [0.5, 0.6) is 0 Å². The Kier molecular flexibility index (Phi) is 4.17. The Balaban J connectivity index is 1.91. The summed E-state index contributed by atoms with van der Waals surface area (Å²) in [5, 5.41) is 0. The van der Waals surface area contributed by atoms with Crippen LogP contribution in [0, 0.1) is 11.8 Å². The second-order valence-corrected chi connectivity index (χ2v) is 6.56. The Morgan fingerprint density at radius 1 is 1.55 bits per heavy atom. The minimum atomic E-state index is -4.34. The van der Waals surface area contributed by atoms with E-state index in [0.717, 1.165) is 11.3 Å². The number of Topliss-reactive ketones (excluding diaryl/α,β-unsaturated/α-hetero) is 1. The van der Waals surface area contributed by atoms with Gasteiger partial charge in [-0.2, -0.15) is 25.8 Å². The van der Waals surface area contributed by atoms with Crippen LogP contribution in [-0.2, 0) is 4.79 Å². The molecule has 4 unspecified atom stereocenters. The highest BCUT2D eigenvalue weighted by atomic mass is 32.1. The number of carbonyl (C=O) groups is 1. The summed E-state index contributed by atoms with van der Waals surface area (Å²) in [5.74, 6) is 0.606. The third kappa shape index (κ3) is 2.85. The SMILES string of the molecule is C[C@@H](C(=O)CC1C2CC12N)N(C)C(CCS)C(F)(F)F. The number of carbonyl (C=O) groups excluding carboxylic acids is 1. The first-order valence-electron chi connectivity index (χ1n) is 6.84. The average molecular weight is 310 g/mol. The molecule has 0 aromatic heterocycles. The minimum Gasteiger partial charge on any atom is -0.325 e. The molecule has 0 saturated heterocycles. The fourth-order valence-corrected chi connectivity index (χ4v) is 3.27. The van der Waals surface area contributed by atoms with Gasteiger partial charge in [-0.15, -0.1) is 0 Å². The number of hydrogen-bond acceptors (Lipinski definition) is 4. The predicted molar refractivity (Wildman–Crippen MR) is 73.7 cm³/mol. The molecule has 0 aromatic carbocycles. The molecule has 0 amide bonds. The van der Waals surface area contributed by atoms with Gasteiger partial charge in [-0.05, 0) is 44.4 Å². The zero-order valence-electron chi connectivity index (χ0n) is 11.7. The molecule has 2 fully saturated rings. The van der Waals surface area contributed by atoms with Gasteiger partial charge in [0.05, 0.1) is 6.04 Å². The highest BCUT2D eigenvalue weighted by molar-refractivity contribution is 7.80. The second-order valence-electron chi connectivity index (χ2n) is 6.11. The van der Waals surface area contributed by atoms with Gasteiger partial charge in [-0.1, -0.05) is 0 Å². The van der Waals surface area contributed by atoms with E-state index in [1.165, 1.54) is 14.0 Å². The van der Waals surface area contributed by atoms with Crippen molar-refractivity contribution in [3.8, 4) is 0 Å². The lowest BCUT2D eigenvalue weighted by Crippen LogP contribution is -2.50. The first-order chi connectivity index (χ1) is 9.13. The molecule has 3 nitrogen and oxygen atoms in total. The third-order valence-corrected chi connectivity index (χ3v) is 5.20. The summed E-state index contributed by atoms with van der Waals surface area (Å²) in [6, 6.07) is -2.37. The van der Waals surface area contributed by atoms with Crippen molar-refractivity contribution in [1.29, 1.82) is 0 Å². The molecular weight excluding hydrogens is 289 g/mol. The zero-order chi connectivity index (χ0) is 15.3. The Morgan fingerprint density at radius 2 is 2.10 bits per heavy atom. The van der Waals surface area contributed by atoms with E-state index in [2.05, 4.69) is 12.6 Å². The Morgan fingerprint density at radius 3 is 2.45 bits per heavy atom. The van der Waals surface area contributed by atoms with E-state index in [1.807, 2.05) is 0 Å². The number of fused-ring (bicyclic) bond motifs is 1. The highest BCUT2D eigenvalue weighted by Crippen LogP contribution is 2.71. The molecule has 116 valence electrons. The minimum absolute atomic E-state index is 0.117. The molecule has 7 heteroatoms. The van der Waals surface area contributed by atoms with E-state index in [1.54, 1.807) is 0 Å². The fraction of sp³-hybridized carbons (Fsp3) is 0.923. The maximum absolute atomic E-state index is 13.0. The number of rotatable bonds is 7. The van der Waals surface area contributed by atoms with Crippen LogP contribution in [0.3, 0.4) is 0 Å². The molecule has 20 heavy (non-hydrogen) atoms. The number of nitrogens with zero attached hydrogens (tertiary/aromatic N) is 1. The third-order valence-electron chi connectivity index (χ3n) is 4.94. The Labute approximate surface area is 122 Å². The Hall–Kier alpha value is -0.270. The summed E-state index contributed by atoms with van der Waals surface area (Å²) < 4.78 is 38.9. The van der Waals surface area contributed by atoms with Crippen molar-refractivity contribution in [1.82, 2.24) is 4.90 Å². The molecule has 2 saturated carbocycles. The molecule has 0 radical (unpaired) electrons. The molecule has 0 aromatic rings. The monoisotopic (exact) mass is 310 g/mol. The van der Waals surface area contributed by atoms with E-state index in [4.69, 9.17) is 5.73 Å². The first kappa shape index (κ1) is 16.1. The topological polar surface area (TPSA) is 46.3 Å². The lowest BCUT2D eigenvalue weighted by atomic mass is 9.99. The number of alkyl halides is 3. The number of nitrogens with two attached hydrogens (primary N) is 1. The largest absolute Gasteiger partial charge is 0.404 e. The van der Waals surface area contributed by atoms with Crippen LogP contribution in [-0.4, -0.2) is 47.3 Å². The number of thiol groups is 1. The smallest absolute Gasteiger partial charge is 0.325 e. The van der Waals surface area contributed by atoms with E-state index >= 15 is 0 Å². The molecule has 0 aliphatic heterocycles. The van der Waals surface area contributed by atoms with Gasteiger partial charge in [0.15, 0.2) is 0 Å². The number of halogens is 3. The van der Waals surface area contributed by atoms with Crippen LogP contribution < -0.4 is 5.73 Å². The first-order valence-corrected chi connectivity index (χ1v) is 7.47. The molecular formula is C13H21F3N2OS. The fourth-order valence-electron chi connectivity index (χ4n) is 3.02. The van der Waals surface area contributed by atoms with Crippen LogP contribution >= 0.6 is 12.6 Å². The van der Waals surface area contributed by atoms with Gasteiger partial charge in [0.1, 0.15) is 11.8 Å². The van der Waals surface area contributed by atoms with Crippen LogP contribution in [0.15, 0.2) is 0 Å². The molecule has 0 bridgehead atoms. The standard InChI is InChI=1S/C13H21F3N2OS/c1-7(10(19)5-8-9-6-12(8,9)17)18(2)11(3-4-20)13(14,15)16/h7-9,11,20H,3-6,17H2,1-2H3/t7-,8?,9?,11?,12?/m0/s1. The van der Waals surface area contributed by atoms with Crippen molar-refractivity contribution < 1.29 is 18.0 Å². The molecule has 0 spiro atoms. The van der Waals surface area contributed by atoms with Crippen molar-refractivity contribution in [2.75, 3.05) is 12.8 Å². The summed E-state index contributed by atoms with van der Waals surface area (Å²) in [7, 11) is 1.36. The maximum Gasteiger partial charge on any atom is 0.404 e. The van der Waals surface area contributed by atoms with Crippen molar-refractivity contribution in [2.24, 2.45) is 17.6 Å². The van der Waals surface area contributed by atoms with Crippen molar-refractivity contribution in [3.05, 3.63) is 0 Å². The molecule has 5 atom stereocenters. The van der Waals surface area contributed by atoms with Crippen LogP contribution in [0.25, 0.3) is 0 Å². The summed E-state index contributed by atoms with van der Waals surface area (Å²) in [6.07, 6.45) is -3.20. The summed E-state index contributed by atoms with van der Waals surface area (Å²) in [5.41, 5.74) is 5.76. The van der Waals surface area contributed by atoms with E-state index in [-0.39, 0.29) is 29.4 Å². The average Bonchev–Trinajstić information content (AvgIpc) is 3.17. The van der Waals surface area contributed by atoms with Crippen LogP contribution in [0.4, 0.5) is 13.2 Å². The predicted octanol–water partition coefficient (Wildman–Crippen LogP) is 1.86. The summed E-state index contributed by atoms with van der Waals surface area (Å²) >= 11 is 3.87. The Bertz CT molecular complexity index is 404. The van der Waals surface area contributed by atoms with Crippen molar-refractivity contribution in [2.45, 2.75) is 50.0 Å². The second kappa shape index (κ2) is 5.18. The number of hydrogen-bond donors (Lipinski definition) is 2. The molecule has 0 heterocycles. The van der Waals surface area contributed by atoms with Crippen molar-refractivity contribution >= 4 is 18.4 Å². The quantitative estimate of drug-likeness (QED) is 0.706. The molecule has 2 aliphatic rings. The van der Waals surface area contributed by atoms with Crippen LogP contribution in [0.2, 0.25) is 0 Å². The van der Waals surface area contributed by atoms with Gasteiger partial charge in [-0.25, -0.2) is 0 Å². The number of likely N-dealkylation sites (N-methyl/N-ethyl adjacent to an activating group) is 1. The van der Waals surface area contributed by atoms with Gasteiger partial charge in [-0.3, -0.25) is 9.69 Å². The number of ketones is 1. The van der Waals surface area contributed by atoms with Gasteiger partial charge >= 0.3 is 6.18 Å². The van der Waals surface area contributed by atoms with E-state index < -0.39 is 18.3 Å². The van der Waals surface area contributed by atoms with Gasteiger partial charge in [0.2, 0.25) is 0 Å². The maximum atomic E-state index is 13.0.